The average molecular weight is 556 g/mol. The molecule has 4 aromatic carbocycles. The molecule has 0 spiro atoms. The van der Waals surface area contributed by atoms with Crippen LogP contribution in [0.25, 0.3) is 10.8 Å². The Kier molecular flexibility index (Phi) is 10.3. The Morgan fingerprint density at radius 3 is 2.46 bits per heavy atom. The molecule has 0 aromatic heterocycles. The van der Waals surface area contributed by atoms with Crippen LogP contribution >= 0.6 is 0 Å². The van der Waals surface area contributed by atoms with Gasteiger partial charge in [0.1, 0.15) is 18.5 Å². The molecule has 9 heteroatoms. The van der Waals surface area contributed by atoms with Crippen molar-refractivity contribution in [2.75, 3.05) is 36.2 Å². The summed E-state index contributed by atoms with van der Waals surface area (Å²) in [5.74, 6) is 0.0581. The number of nitrogens with one attached hydrogen (secondary N) is 2. The number of nitrogens with two attached hydrogens (primary N) is 1. The molecule has 41 heavy (non-hydrogen) atoms. The fourth-order valence-electron chi connectivity index (χ4n) is 4.26. The SMILES string of the molecule is CCO[C@H](/C=C/C(=O)Nc1ccccc1N)[C@H](OC(=O)Nc1cccc2ccccc12)c1cccc(OCCO)c1. The number of rotatable bonds is 12. The van der Waals surface area contributed by atoms with E-state index in [9.17, 15) is 9.59 Å². The van der Waals surface area contributed by atoms with Crippen molar-refractivity contribution in [3.05, 3.63) is 109 Å². The van der Waals surface area contributed by atoms with Crippen LogP contribution in [0.15, 0.2) is 103 Å². The first-order chi connectivity index (χ1) is 20.0. The molecule has 212 valence electrons. The maximum atomic E-state index is 13.3. The van der Waals surface area contributed by atoms with E-state index in [1.165, 1.54) is 12.2 Å². The number of amides is 2. The summed E-state index contributed by atoms with van der Waals surface area (Å²) in [6, 6.07) is 27.2. The van der Waals surface area contributed by atoms with Gasteiger partial charge in [-0.25, -0.2) is 4.79 Å². The highest BCUT2D eigenvalue weighted by molar-refractivity contribution is 6.01. The lowest BCUT2D eigenvalue weighted by Gasteiger charge is -2.26. The van der Waals surface area contributed by atoms with E-state index < -0.39 is 24.2 Å². The summed E-state index contributed by atoms with van der Waals surface area (Å²) < 4.78 is 17.5. The third-order valence-corrected chi connectivity index (χ3v) is 6.12. The molecular weight excluding hydrogens is 522 g/mol. The number of carbonyl (C=O) groups excluding carboxylic acids is 2. The number of aliphatic hydroxyl groups is 1. The third-order valence-electron chi connectivity index (χ3n) is 6.12. The molecule has 0 radical (unpaired) electrons. The van der Waals surface area contributed by atoms with Crippen molar-refractivity contribution in [2.45, 2.75) is 19.1 Å². The molecule has 0 aliphatic carbocycles. The van der Waals surface area contributed by atoms with E-state index in [2.05, 4.69) is 10.6 Å². The first kappa shape index (κ1) is 29.1. The van der Waals surface area contributed by atoms with Crippen LogP contribution in [0.2, 0.25) is 0 Å². The van der Waals surface area contributed by atoms with Crippen molar-refractivity contribution < 1.29 is 28.9 Å². The summed E-state index contributed by atoms with van der Waals surface area (Å²) in [4.78, 5) is 26.0. The first-order valence-electron chi connectivity index (χ1n) is 13.2. The van der Waals surface area contributed by atoms with Crippen LogP contribution in [-0.2, 0) is 14.3 Å². The minimum atomic E-state index is -0.951. The summed E-state index contributed by atoms with van der Waals surface area (Å²) in [5, 5.41) is 16.6. The second-order valence-electron chi connectivity index (χ2n) is 8.98. The quantitative estimate of drug-likeness (QED) is 0.131. The molecule has 0 heterocycles. The molecule has 0 fully saturated rings. The summed E-state index contributed by atoms with van der Waals surface area (Å²) in [6.07, 6.45) is 0.374. The largest absolute Gasteiger partial charge is 0.491 e. The number of fused-ring (bicyclic) bond motifs is 1. The van der Waals surface area contributed by atoms with Gasteiger partial charge in [0.2, 0.25) is 5.91 Å². The zero-order valence-corrected chi connectivity index (χ0v) is 22.7. The van der Waals surface area contributed by atoms with Crippen LogP contribution < -0.4 is 21.1 Å². The van der Waals surface area contributed by atoms with Gasteiger partial charge in [0.25, 0.3) is 0 Å². The lowest BCUT2D eigenvalue weighted by atomic mass is 10.0. The topological polar surface area (TPSA) is 132 Å². The Morgan fingerprint density at radius 2 is 1.66 bits per heavy atom. The van der Waals surface area contributed by atoms with E-state index >= 15 is 0 Å². The van der Waals surface area contributed by atoms with Gasteiger partial charge in [-0.05, 0) is 54.3 Å². The van der Waals surface area contributed by atoms with E-state index in [0.717, 1.165) is 10.8 Å². The molecule has 4 rings (SSSR count). The lowest BCUT2D eigenvalue weighted by molar-refractivity contribution is -0.112. The van der Waals surface area contributed by atoms with Crippen molar-refractivity contribution in [1.82, 2.24) is 0 Å². The van der Waals surface area contributed by atoms with Gasteiger partial charge in [-0.3, -0.25) is 10.1 Å². The molecule has 0 saturated heterocycles. The van der Waals surface area contributed by atoms with Crippen LogP contribution in [0.4, 0.5) is 21.9 Å². The van der Waals surface area contributed by atoms with Crippen molar-refractivity contribution in [1.29, 1.82) is 0 Å². The Hall–Kier alpha value is -4.86. The highest BCUT2D eigenvalue weighted by atomic mass is 16.6. The number of carbonyl (C=O) groups is 2. The summed E-state index contributed by atoms with van der Waals surface area (Å²) in [6.45, 7) is 2.05. The number of nitrogen functional groups attached to an aromatic ring is 1. The molecule has 0 unspecified atom stereocenters. The van der Waals surface area contributed by atoms with E-state index in [1.807, 2.05) is 36.4 Å². The molecule has 2 amide bonds. The van der Waals surface area contributed by atoms with Gasteiger partial charge in [0, 0.05) is 18.1 Å². The standard InChI is InChI=1S/C32H33N3O6/c1-2-39-29(17-18-30(37)34-28-15-6-5-14-26(28)33)31(23-11-7-12-24(21-23)40-20-19-36)41-32(38)35-27-16-8-10-22-9-3-4-13-25(22)27/h3-18,21,29,31,36H,2,19-20,33H2,1H3,(H,34,37)(H,35,38)/b18-17+/t29-,31-/m1/s1. The summed E-state index contributed by atoms with van der Waals surface area (Å²) in [7, 11) is 0. The van der Waals surface area contributed by atoms with Crippen molar-refractivity contribution >= 4 is 39.8 Å². The van der Waals surface area contributed by atoms with Gasteiger partial charge >= 0.3 is 6.09 Å². The van der Waals surface area contributed by atoms with Crippen LogP contribution in [-0.4, -0.2) is 43.0 Å². The maximum Gasteiger partial charge on any atom is 0.412 e. The van der Waals surface area contributed by atoms with Gasteiger partial charge in [-0.1, -0.05) is 60.7 Å². The van der Waals surface area contributed by atoms with Gasteiger partial charge in [0.15, 0.2) is 6.10 Å². The maximum absolute atomic E-state index is 13.3. The number of ether oxygens (including phenoxy) is 3. The summed E-state index contributed by atoms with van der Waals surface area (Å²) in [5.41, 5.74) is 8.02. The first-order valence-corrected chi connectivity index (χ1v) is 13.2. The number of anilines is 3. The van der Waals surface area contributed by atoms with Crippen LogP contribution in [0.3, 0.4) is 0 Å². The number of aliphatic hydroxyl groups excluding tert-OH is 1. The molecule has 9 nitrogen and oxygen atoms in total. The normalized spacial score (nSPS) is 12.5. The molecule has 0 saturated carbocycles. The van der Waals surface area contributed by atoms with Gasteiger partial charge in [-0.2, -0.15) is 0 Å². The minimum absolute atomic E-state index is 0.105. The predicted octanol–water partition coefficient (Wildman–Crippen LogP) is 5.68. The number of hydrogen-bond acceptors (Lipinski definition) is 7. The highest BCUT2D eigenvalue weighted by Crippen LogP contribution is 2.30. The second-order valence-corrected chi connectivity index (χ2v) is 8.98. The number of hydrogen-bond donors (Lipinski definition) is 4. The van der Waals surface area contributed by atoms with E-state index in [0.29, 0.717) is 28.4 Å². The Labute approximate surface area is 238 Å². The zero-order valence-electron chi connectivity index (χ0n) is 22.7. The molecule has 0 aliphatic heterocycles. The van der Waals surface area contributed by atoms with Crippen molar-refractivity contribution in [3.8, 4) is 5.75 Å². The smallest absolute Gasteiger partial charge is 0.412 e. The number of benzene rings is 4. The monoisotopic (exact) mass is 555 g/mol. The average Bonchev–Trinajstić information content (AvgIpc) is 2.98. The van der Waals surface area contributed by atoms with Gasteiger partial charge in [0.05, 0.1) is 23.7 Å². The molecule has 2 atom stereocenters. The molecule has 4 aromatic rings. The lowest BCUT2D eigenvalue weighted by Crippen LogP contribution is -2.28. The van der Waals surface area contributed by atoms with Crippen LogP contribution in [0.1, 0.15) is 18.6 Å². The van der Waals surface area contributed by atoms with Crippen LogP contribution in [0, 0.1) is 0 Å². The minimum Gasteiger partial charge on any atom is -0.491 e. The number of para-hydroxylation sites is 2. The predicted molar refractivity (Wildman–Crippen MR) is 160 cm³/mol. The second kappa shape index (κ2) is 14.5. The highest BCUT2D eigenvalue weighted by Gasteiger charge is 2.27. The molecular formula is C32H33N3O6. The Bertz CT molecular complexity index is 1500. The zero-order chi connectivity index (χ0) is 29.0. The molecule has 5 N–H and O–H groups in total. The fraction of sp³-hybridized carbons (Fsp3) is 0.188. The van der Waals surface area contributed by atoms with Gasteiger partial charge < -0.3 is 30.4 Å². The van der Waals surface area contributed by atoms with Crippen molar-refractivity contribution in [2.24, 2.45) is 0 Å². The van der Waals surface area contributed by atoms with Crippen LogP contribution in [0.5, 0.6) is 5.75 Å². The van der Waals surface area contributed by atoms with Crippen molar-refractivity contribution in [3.63, 3.8) is 0 Å². The molecule has 0 bridgehead atoms. The van der Waals surface area contributed by atoms with E-state index in [4.69, 9.17) is 25.1 Å². The van der Waals surface area contributed by atoms with E-state index in [-0.39, 0.29) is 19.8 Å². The van der Waals surface area contributed by atoms with E-state index in [1.54, 1.807) is 61.5 Å². The Morgan fingerprint density at radius 1 is 0.927 bits per heavy atom. The summed E-state index contributed by atoms with van der Waals surface area (Å²) >= 11 is 0. The third kappa shape index (κ3) is 8.07. The molecule has 0 aliphatic rings. The van der Waals surface area contributed by atoms with Gasteiger partial charge in [-0.15, -0.1) is 0 Å². The fourth-order valence-corrected chi connectivity index (χ4v) is 4.26. The Balaban J connectivity index is 1.60.